The standard InChI is InChI=1S/C14H24ClN3O/c1-3-6-16-12-5-4-11(9-12)14-13(15)10-17-18(14)7-8-19-2/h10-12,16H,3-9H2,1-2H3. The van der Waals surface area contributed by atoms with E-state index in [0.717, 1.165) is 18.1 Å². The van der Waals surface area contributed by atoms with Gasteiger partial charge in [0.15, 0.2) is 0 Å². The van der Waals surface area contributed by atoms with Crippen LogP contribution in [0.25, 0.3) is 0 Å². The van der Waals surface area contributed by atoms with Crippen LogP contribution in [-0.4, -0.2) is 36.1 Å². The van der Waals surface area contributed by atoms with Crippen LogP contribution < -0.4 is 5.32 Å². The number of nitrogens with one attached hydrogen (secondary N) is 1. The van der Waals surface area contributed by atoms with Gasteiger partial charge in [-0.25, -0.2) is 0 Å². The Bertz CT molecular complexity index is 394. The van der Waals surface area contributed by atoms with E-state index in [1.807, 2.05) is 4.68 Å². The van der Waals surface area contributed by atoms with Crippen molar-refractivity contribution in [3.8, 4) is 0 Å². The predicted octanol–water partition coefficient (Wildman–Crippen LogP) is 2.82. The first-order valence-corrected chi connectivity index (χ1v) is 7.57. The molecule has 2 atom stereocenters. The van der Waals surface area contributed by atoms with Crippen molar-refractivity contribution in [1.82, 2.24) is 15.1 Å². The smallest absolute Gasteiger partial charge is 0.0820 e. The topological polar surface area (TPSA) is 39.1 Å². The fraction of sp³-hybridized carbons (Fsp3) is 0.786. The van der Waals surface area contributed by atoms with E-state index in [0.29, 0.717) is 18.6 Å². The monoisotopic (exact) mass is 285 g/mol. The molecule has 0 bridgehead atoms. The number of hydrogen-bond acceptors (Lipinski definition) is 3. The van der Waals surface area contributed by atoms with Gasteiger partial charge in [0, 0.05) is 19.1 Å². The quantitative estimate of drug-likeness (QED) is 0.837. The van der Waals surface area contributed by atoms with Gasteiger partial charge in [0.1, 0.15) is 0 Å². The average Bonchev–Trinajstić information content (AvgIpc) is 3.00. The first-order valence-electron chi connectivity index (χ1n) is 7.19. The van der Waals surface area contributed by atoms with Crippen molar-refractivity contribution in [2.24, 2.45) is 0 Å². The molecule has 0 radical (unpaired) electrons. The zero-order valence-corrected chi connectivity index (χ0v) is 12.6. The molecule has 5 heteroatoms. The molecule has 0 spiro atoms. The van der Waals surface area contributed by atoms with Crippen molar-refractivity contribution >= 4 is 11.6 Å². The third kappa shape index (κ3) is 3.71. The lowest BCUT2D eigenvalue weighted by Gasteiger charge is -2.15. The molecule has 1 heterocycles. The lowest BCUT2D eigenvalue weighted by Crippen LogP contribution is -2.27. The van der Waals surface area contributed by atoms with E-state index in [4.69, 9.17) is 16.3 Å². The normalized spacial score (nSPS) is 23.1. The highest BCUT2D eigenvalue weighted by molar-refractivity contribution is 6.31. The molecule has 0 aliphatic heterocycles. The van der Waals surface area contributed by atoms with Crippen molar-refractivity contribution < 1.29 is 4.74 Å². The van der Waals surface area contributed by atoms with E-state index < -0.39 is 0 Å². The SMILES string of the molecule is CCCNC1CCC(c2c(Cl)cnn2CCOC)C1. The summed E-state index contributed by atoms with van der Waals surface area (Å²) in [5.74, 6) is 0.529. The van der Waals surface area contributed by atoms with Crippen LogP contribution in [0.2, 0.25) is 5.02 Å². The van der Waals surface area contributed by atoms with Crippen LogP contribution in [0.3, 0.4) is 0 Å². The highest BCUT2D eigenvalue weighted by Gasteiger charge is 2.29. The van der Waals surface area contributed by atoms with E-state index in [2.05, 4.69) is 17.3 Å². The van der Waals surface area contributed by atoms with E-state index in [9.17, 15) is 0 Å². The maximum atomic E-state index is 6.31. The largest absolute Gasteiger partial charge is 0.383 e. The summed E-state index contributed by atoms with van der Waals surface area (Å²) in [6.45, 7) is 4.77. The van der Waals surface area contributed by atoms with Crippen LogP contribution in [0.1, 0.15) is 44.2 Å². The average molecular weight is 286 g/mol. The molecule has 108 valence electrons. The number of nitrogens with zero attached hydrogens (tertiary/aromatic N) is 2. The molecule has 1 aromatic heterocycles. The fourth-order valence-electron chi connectivity index (χ4n) is 2.90. The summed E-state index contributed by atoms with van der Waals surface area (Å²) in [6, 6.07) is 0.631. The number of aromatic nitrogens is 2. The van der Waals surface area contributed by atoms with Crippen LogP contribution >= 0.6 is 11.6 Å². The van der Waals surface area contributed by atoms with E-state index >= 15 is 0 Å². The summed E-state index contributed by atoms with van der Waals surface area (Å²) in [4.78, 5) is 0. The first kappa shape index (κ1) is 14.8. The summed E-state index contributed by atoms with van der Waals surface area (Å²) < 4.78 is 7.14. The molecule has 2 unspecified atom stereocenters. The second kappa shape index (κ2) is 7.27. The van der Waals surface area contributed by atoms with Crippen molar-refractivity contribution in [3.05, 3.63) is 16.9 Å². The van der Waals surface area contributed by atoms with Gasteiger partial charge in [0.2, 0.25) is 0 Å². The lowest BCUT2D eigenvalue weighted by molar-refractivity contribution is 0.182. The van der Waals surface area contributed by atoms with Crippen molar-refractivity contribution in [1.29, 1.82) is 0 Å². The Morgan fingerprint density at radius 1 is 1.53 bits per heavy atom. The summed E-state index contributed by atoms with van der Waals surface area (Å²) in [6.07, 6.45) is 6.54. The molecule has 19 heavy (non-hydrogen) atoms. The summed E-state index contributed by atoms with van der Waals surface area (Å²) in [5, 5.41) is 8.78. The summed E-state index contributed by atoms with van der Waals surface area (Å²) >= 11 is 6.31. The van der Waals surface area contributed by atoms with Gasteiger partial charge in [-0.05, 0) is 32.2 Å². The van der Waals surface area contributed by atoms with Crippen molar-refractivity contribution in [2.45, 2.75) is 51.1 Å². The Morgan fingerprint density at radius 3 is 3.11 bits per heavy atom. The molecule has 1 fully saturated rings. The van der Waals surface area contributed by atoms with Crippen LogP contribution in [-0.2, 0) is 11.3 Å². The minimum atomic E-state index is 0.529. The van der Waals surface area contributed by atoms with Gasteiger partial charge < -0.3 is 10.1 Å². The number of rotatable bonds is 7. The van der Waals surface area contributed by atoms with Gasteiger partial charge in [-0.2, -0.15) is 5.10 Å². The Hall–Kier alpha value is -0.580. The molecule has 0 aromatic carbocycles. The summed E-state index contributed by atoms with van der Waals surface area (Å²) in [5.41, 5.74) is 1.19. The van der Waals surface area contributed by atoms with E-state index in [1.165, 1.54) is 31.4 Å². The van der Waals surface area contributed by atoms with Gasteiger partial charge in [-0.1, -0.05) is 18.5 Å². The minimum absolute atomic E-state index is 0.529. The fourth-order valence-corrected chi connectivity index (χ4v) is 3.19. The molecule has 1 aliphatic rings. The van der Waals surface area contributed by atoms with Crippen LogP contribution in [0.5, 0.6) is 0 Å². The van der Waals surface area contributed by atoms with Crippen molar-refractivity contribution in [2.75, 3.05) is 20.3 Å². The molecule has 0 amide bonds. The molecular weight excluding hydrogens is 262 g/mol. The minimum Gasteiger partial charge on any atom is -0.383 e. The second-order valence-electron chi connectivity index (χ2n) is 5.25. The first-order chi connectivity index (χ1) is 9.26. The highest BCUT2D eigenvalue weighted by Crippen LogP contribution is 2.37. The van der Waals surface area contributed by atoms with Gasteiger partial charge >= 0.3 is 0 Å². The molecular formula is C14H24ClN3O. The maximum absolute atomic E-state index is 6.31. The van der Waals surface area contributed by atoms with Crippen molar-refractivity contribution in [3.63, 3.8) is 0 Å². The number of hydrogen-bond donors (Lipinski definition) is 1. The van der Waals surface area contributed by atoms with Crippen LogP contribution in [0.15, 0.2) is 6.20 Å². The molecule has 1 aromatic rings. The highest BCUT2D eigenvalue weighted by atomic mass is 35.5. The molecule has 1 aliphatic carbocycles. The zero-order chi connectivity index (χ0) is 13.7. The van der Waals surface area contributed by atoms with E-state index in [-0.39, 0.29) is 0 Å². The Kier molecular flexibility index (Phi) is 5.67. The Labute approximate surface area is 120 Å². The number of ether oxygens (including phenoxy) is 1. The van der Waals surface area contributed by atoms with Gasteiger partial charge in [-0.15, -0.1) is 0 Å². The third-order valence-electron chi connectivity index (χ3n) is 3.84. The van der Waals surface area contributed by atoms with Gasteiger partial charge in [0.05, 0.1) is 30.1 Å². The van der Waals surface area contributed by atoms with Crippen LogP contribution in [0, 0.1) is 0 Å². The second-order valence-corrected chi connectivity index (χ2v) is 5.66. The molecule has 1 N–H and O–H groups in total. The lowest BCUT2D eigenvalue weighted by atomic mass is 10.0. The van der Waals surface area contributed by atoms with Gasteiger partial charge in [-0.3, -0.25) is 4.68 Å². The molecule has 4 nitrogen and oxygen atoms in total. The maximum Gasteiger partial charge on any atom is 0.0820 e. The Balaban J connectivity index is 1.99. The molecule has 0 saturated heterocycles. The number of methoxy groups -OCH3 is 1. The molecule has 1 saturated carbocycles. The third-order valence-corrected chi connectivity index (χ3v) is 4.13. The van der Waals surface area contributed by atoms with Gasteiger partial charge in [0.25, 0.3) is 0 Å². The Morgan fingerprint density at radius 2 is 2.37 bits per heavy atom. The predicted molar refractivity (Wildman–Crippen MR) is 77.8 cm³/mol. The van der Waals surface area contributed by atoms with E-state index in [1.54, 1.807) is 13.3 Å². The zero-order valence-electron chi connectivity index (χ0n) is 11.9. The number of halogens is 1. The summed E-state index contributed by atoms with van der Waals surface area (Å²) in [7, 11) is 1.71. The van der Waals surface area contributed by atoms with Crippen LogP contribution in [0.4, 0.5) is 0 Å². The molecule has 2 rings (SSSR count).